The average molecular weight is 746 g/mol. The maximum absolute atomic E-state index is 14.8. The Bertz CT molecular complexity index is 1730. The molecule has 290 valence electrons. The van der Waals surface area contributed by atoms with Gasteiger partial charge in [0, 0.05) is 59.2 Å². The standard InChI is InChI=1S/C39H51N7O8/c1-6-28-37(52)45-19-10-13-29(45)38(53)44(5)31(21-24-14-16-26(17-15-24)43(3)4)39(54)46-20-18-27(48)22-30(46)34(49)42-33(25-11-8-7-9-12-25)36(51)41-32(23(2)47)35(50)40-28/h7-9,11-12,14-17,23,28-33,47H,6,10,13,18-22H2,1-5H3,(H,40,50)(H,41,51)(H,42,49)/t23-,28-,29+,30+,31+,32+,33+/m1/s1. The molecule has 54 heavy (non-hydrogen) atoms. The maximum Gasteiger partial charge on any atom is 0.247 e. The molecule has 5 rings (SSSR count). The lowest BCUT2D eigenvalue weighted by Gasteiger charge is -2.40. The van der Waals surface area contributed by atoms with Gasteiger partial charge < -0.3 is 40.7 Å². The minimum absolute atomic E-state index is 0.00543. The maximum atomic E-state index is 14.8. The summed E-state index contributed by atoms with van der Waals surface area (Å²) in [6.45, 7) is 3.16. The number of aliphatic hydroxyl groups excluding tert-OH is 1. The number of nitrogens with zero attached hydrogens (tertiary/aromatic N) is 4. The first-order valence-electron chi connectivity index (χ1n) is 18.5. The number of benzene rings is 2. The third-order valence-electron chi connectivity index (χ3n) is 10.6. The topological polar surface area (TPSA) is 189 Å². The molecular weight excluding hydrogens is 694 g/mol. The summed E-state index contributed by atoms with van der Waals surface area (Å²) in [5.74, 6) is -4.22. The fourth-order valence-electron chi connectivity index (χ4n) is 7.36. The quantitative estimate of drug-likeness (QED) is 0.323. The van der Waals surface area contributed by atoms with Gasteiger partial charge in [0.25, 0.3) is 0 Å². The highest BCUT2D eigenvalue weighted by molar-refractivity contribution is 6.00. The highest BCUT2D eigenvalue weighted by atomic mass is 16.3. The third-order valence-corrected chi connectivity index (χ3v) is 10.6. The first-order valence-corrected chi connectivity index (χ1v) is 18.5. The molecule has 15 nitrogen and oxygen atoms in total. The van der Waals surface area contributed by atoms with Crippen LogP contribution in [-0.4, -0.2) is 132 Å². The van der Waals surface area contributed by atoms with E-state index in [9.17, 15) is 38.7 Å². The van der Waals surface area contributed by atoms with Crippen molar-refractivity contribution in [2.75, 3.05) is 39.1 Å². The largest absolute Gasteiger partial charge is 0.391 e. The summed E-state index contributed by atoms with van der Waals surface area (Å²) in [5.41, 5.74) is 2.02. The van der Waals surface area contributed by atoms with Crippen LogP contribution in [0.3, 0.4) is 0 Å². The van der Waals surface area contributed by atoms with E-state index in [4.69, 9.17) is 0 Å². The molecule has 3 heterocycles. The van der Waals surface area contributed by atoms with Crippen LogP contribution in [0.4, 0.5) is 5.69 Å². The Morgan fingerprint density at radius 3 is 2.09 bits per heavy atom. The van der Waals surface area contributed by atoms with E-state index in [-0.39, 0.29) is 44.6 Å². The average Bonchev–Trinajstić information content (AvgIpc) is 3.66. The number of carbonyl (C=O) groups excluding carboxylic acids is 7. The monoisotopic (exact) mass is 745 g/mol. The number of carbonyl (C=O) groups is 7. The number of aliphatic hydroxyl groups is 1. The van der Waals surface area contributed by atoms with Crippen molar-refractivity contribution in [1.82, 2.24) is 30.7 Å². The van der Waals surface area contributed by atoms with Crippen LogP contribution in [0, 0.1) is 0 Å². The van der Waals surface area contributed by atoms with Gasteiger partial charge in [0.1, 0.15) is 42.0 Å². The zero-order valence-electron chi connectivity index (χ0n) is 31.5. The zero-order valence-corrected chi connectivity index (χ0v) is 31.5. The van der Waals surface area contributed by atoms with E-state index in [1.54, 1.807) is 37.3 Å². The first kappa shape index (κ1) is 39.9. The molecule has 6 amide bonds. The second-order valence-corrected chi connectivity index (χ2v) is 14.5. The number of nitrogens with one attached hydrogen (secondary N) is 3. The highest BCUT2D eigenvalue weighted by Crippen LogP contribution is 2.26. The number of piperidine rings is 1. The Kier molecular flexibility index (Phi) is 12.7. The number of fused-ring (bicyclic) bond motifs is 2. The van der Waals surface area contributed by atoms with Crippen molar-refractivity contribution in [2.45, 2.75) is 94.7 Å². The molecule has 0 radical (unpaired) electrons. The number of likely N-dealkylation sites (N-methyl/N-ethyl adjacent to an activating group) is 1. The van der Waals surface area contributed by atoms with Crippen molar-refractivity contribution in [1.29, 1.82) is 0 Å². The van der Waals surface area contributed by atoms with Crippen LogP contribution in [0.15, 0.2) is 54.6 Å². The van der Waals surface area contributed by atoms with Gasteiger partial charge in [0.05, 0.1) is 6.10 Å². The SMILES string of the molecule is CC[C@H]1NC(=O)[C@H]([C@@H](C)O)NC(=O)[C@H](c2ccccc2)NC(=O)[C@@H]2CC(=O)CCN2C(=O)[C@H](Cc2ccc(N(C)C)cc2)N(C)C(=O)[C@@H]2CCCN2C1=O. The van der Waals surface area contributed by atoms with E-state index in [0.29, 0.717) is 18.4 Å². The van der Waals surface area contributed by atoms with Crippen LogP contribution in [0.25, 0.3) is 0 Å². The molecule has 3 fully saturated rings. The van der Waals surface area contributed by atoms with Crippen molar-refractivity contribution in [2.24, 2.45) is 0 Å². The predicted molar refractivity (Wildman–Crippen MR) is 199 cm³/mol. The van der Waals surface area contributed by atoms with Gasteiger partial charge in [0.2, 0.25) is 35.4 Å². The van der Waals surface area contributed by atoms with Crippen molar-refractivity contribution in [3.05, 3.63) is 65.7 Å². The van der Waals surface area contributed by atoms with E-state index >= 15 is 0 Å². The fourth-order valence-corrected chi connectivity index (χ4v) is 7.36. The Morgan fingerprint density at radius 2 is 1.46 bits per heavy atom. The normalized spacial score (nSPS) is 26.9. The van der Waals surface area contributed by atoms with Gasteiger partial charge in [0.15, 0.2) is 0 Å². The van der Waals surface area contributed by atoms with Gasteiger partial charge in [-0.25, -0.2) is 0 Å². The molecule has 0 spiro atoms. The van der Waals surface area contributed by atoms with Crippen LogP contribution >= 0.6 is 0 Å². The molecule has 0 aromatic heterocycles. The minimum atomic E-state index is -1.52. The molecule has 0 unspecified atom stereocenters. The summed E-state index contributed by atoms with van der Waals surface area (Å²) in [6, 6.07) is 8.36. The molecule has 15 heteroatoms. The lowest BCUT2D eigenvalue weighted by atomic mass is 9.95. The van der Waals surface area contributed by atoms with E-state index in [1.807, 2.05) is 43.3 Å². The van der Waals surface area contributed by atoms with Gasteiger partial charge in [-0.3, -0.25) is 33.6 Å². The van der Waals surface area contributed by atoms with Gasteiger partial charge >= 0.3 is 0 Å². The zero-order chi connectivity index (χ0) is 39.3. The molecule has 0 saturated carbocycles. The number of hydrogen-bond acceptors (Lipinski definition) is 9. The van der Waals surface area contributed by atoms with Crippen LogP contribution in [0.2, 0.25) is 0 Å². The van der Waals surface area contributed by atoms with Gasteiger partial charge in [-0.1, -0.05) is 49.4 Å². The number of hydrogen-bond donors (Lipinski definition) is 4. The predicted octanol–water partition coefficient (Wildman–Crippen LogP) is 0.305. The second-order valence-electron chi connectivity index (χ2n) is 14.5. The van der Waals surface area contributed by atoms with Crippen molar-refractivity contribution < 1.29 is 38.7 Å². The Labute approximate surface area is 315 Å². The fraction of sp³-hybridized carbons (Fsp3) is 0.513. The molecule has 0 aliphatic carbocycles. The molecule has 3 saturated heterocycles. The molecule has 3 aliphatic heterocycles. The summed E-state index contributed by atoms with van der Waals surface area (Å²) in [4.78, 5) is 104. The van der Waals surface area contributed by atoms with E-state index in [0.717, 1.165) is 11.3 Å². The van der Waals surface area contributed by atoms with Crippen molar-refractivity contribution in [3.63, 3.8) is 0 Å². The number of Topliss-reactive ketones (excluding diaryl/α,β-unsaturated/α-hetero) is 1. The second kappa shape index (κ2) is 17.2. The van der Waals surface area contributed by atoms with E-state index in [2.05, 4.69) is 16.0 Å². The Hall–Kier alpha value is -5.31. The summed E-state index contributed by atoms with van der Waals surface area (Å²) in [6.07, 6.45) is -0.658. The van der Waals surface area contributed by atoms with Crippen LogP contribution in [0.1, 0.15) is 63.1 Å². The van der Waals surface area contributed by atoms with Gasteiger partial charge in [-0.2, -0.15) is 0 Å². The molecule has 7 atom stereocenters. The summed E-state index contributed by atoms with van der Waals surface area (Å²) in [5, 5.41) is 18.6. The Morgan fingerprint density at radius 1 is 0.796 bits per heavy atom. The van der Waals surface area contributed by atoms with Crippen molar-refractivity contribution >= 4 is 46.9 Å². The molecular formula is C39H51N7O8. The smallest absolute Gasteiger partial charge is 0.247 e. The summed E-state index contributed by atoms with van der Waals surface area (Å²) < 4.78 is 0. The van der Waals surface area contributed by atoms with Gasteiger partial charge in [-0.15, -0.1) is 0 Å². The molecule has 3 aliphatic rings. The number of amides is 6. The Balaban J connectivity index is 1.60. The minimum Gasteiger partial charge on any atom is -0.391 e. The lowest BCUT2D eigenvalue weighted by molar-refractivity contribution is -0.154. The molecule has 4 N–H and O–H groups in total. The molecule has 0 bridgehead atoms. The van der Waals surface area contributed by atoms with Gasteiger partial charge in [-0.05, 0) is 49.4 Å². The van der Waals surface area contributed by atoms with Crippen LogP contribution < -0.4 is 20.9 Å². The molecule has 2 aromatic carbocycles. The van der Waals surface area contributed by atoms with Crippen molar-refractivity contribution in [3.8, 4) is 0 Å². The third kappa shape index (κ3) is 8.73. The number of ketones is 1. The van der Waals surface area contributed by atoms with Crippen LogP contribution in [-0.2, 0) is 40.0 Å². The summed E-state index contributed by atoms with van der Waals surface area (Å²) in [7, 11) is 5.31. The highest BCUT2D eigenvalue weighted by Gasteiger charge is 2.45. The first-order chi connectivity index (χ1) is 25.7. The lowest BCUT2D eigenvalue weighted by Crippen LogP contribution is -2.63. The number of anilines is 1. The summed E-state index contributed by atoms with van der Waals surface area (Å²) >= 11 is 0. The van der Waals surface area contributed by atoms with E-state index in [1.165, 1.54) is 28.7 Å². The molecule has 2 aromatic rings. The van der Waals surface area contributed by atoms with E-state index < -0.39 is 77.8 Å². The number of rotatable bonds is 6. The van der Waals surface area contributed by atoms with Crippen LogP contribution in [0.5, 0.6) is 0 Å².